The van der Waals surface area contributed by atoms with Gasteiger partial charge in [-0.3, -0.25) is 4.79 Å². The van der Waals surface area contributed by atoms with Crippen LogP contribution < -0.4 is 15.4 Å². The summed E-state index contributed by atoms with van der Waals surface area (Å²) in [7, 11) is 1.51. The molecule has 0 radical (unpaired) electrons. The van der Waals surface area contributed by atoms with Crippen molar-refractivity contribution in [2.45, 2.75) is 13.5 Å². The summed E-state index contributed by atoms with van der Waals surface area (Å²) in [4.78, 5) is 11.4. The molecule has 17 heavy (non-hydrogen) atoms. The monoisotopic (exact) mass is 240 g/mol. The van der Waals surface area contributed by atoms with Gasteiger partial charge in [0, 0.05) is 12.1 Å². The van der Waals surface area contributed by atoms with Gasteiger partial charge in [0.1, 0.15) is 11.6 Å². The zero-order valence-corrected chi connectivity index (χ0v) is 10.0. The van der Waals surface area contributed by atoms with Crippen LogP contribution in [0, 0.1) is 5.82 Å². The lowest BCUT2D eigenvalue weighted by atomic mass is 10.2. The van der Waals surface area contributed by atoms with Crippen molar-refractivity contribution in [3.63, 3.8) is 0 Å². The Kier molecular flexibility index (Phi) is 5.42. The lowest BCUT2D eigenvalue weighted by Gasteiger charge is -2.10. The van der Waals surface area contributed by atoms with E-state index in [0.717, 1.165) is 6.54 Å². The number of benzene rings is 1. The minimum atomic E-state index is -0.346. The van der Waals surface area contributed by atoms with E-state index in [1.165, 1.54) is 19.2 Å². The average Bonchev–Trinajstić information content (AvgIpc) is 2.34. The molecule has 0 saturated carbocycles. The van der Waals surface area contributed by atoms with Crippen LogP contribution in [0.1, 0.15) is 12.5 Å². The van der Waals surface area contributed by atoms with Gasteiger partial charge in [-0.15, -0.1) is 0 Å². The molecule has 0 saturated heterocycles. The van der Waals surface area contributed by atoms with Crippen LogP contribution in [0.25, 0.3) is 0 Å². The first-order chi connectivity index (χ1) is 8.17. The lowest BCUT2D eigenvalue weighted by molar-refractivity contribution is -0.120. The largest absolute Gasteiger partial charge is 0.496 e. The number of nitrogens with one attached hydrogen (secondary N) is 2. The number of ether oxygens (including phenoxy) is 1. The standard InChI is InChI=1S/C12H17FN2O2/c1-3-14-8-12(16)15-7-9-6-10(13)4-5-11(9)17-2/h4-6,14H,3,7-8H2,1-2H3,(H,15,16). The van der Waals surface area contributed by atoms with Gasteiger partial charge in [-0.2, -0.15) is 0 Å². The summed E-state index contributed by atoms with van der Waals surface area (Å²) >= 11 is 0. The van der Waals surface area contributed by atoms with Crippen molar-refractivity contribution in [2.24, 2.45) is 0 Å². The second-order valence-electron chi connectivity index (χ2n) is 3.51. The SMILES string of the molecule is CCNCC(=O)NCc1cc(F)ccc1OC. The van der Waals surface area contributed by atoms with Gasteiger partial charge in [0.05, 0.1) is 13.7 Å². The number of amides is 1. The Morgan fingerprint density at radius 3 is 2.88 bits per heavy atom. The fraction of sp³-hybridized carbons (Fsp3) is 0.417. The molecule has 0 aromatic heterocycles. The Morgan fingerprint density at radius 1 is 1.47 bits per heavy atom. The minimum absolute atomic E-state index is 0.127. The summed E-state index contributed by atoms with van der Waals surface area (Å²) in [5.74, 6) is 0.0926. The number of hydrogen-bond donors (Lipinski definition) is 2. The van der Waals surface area contributed by atoms with Gasteiger partial charge in [-0.1, -0.05) is 6.92 Å². The predicted molar refractivity (Wildman–Crippen MR) is 63.3 cm³/mol. The van der Waals surface area contributed by atoms with E-state index in [9.17, 15) is 9.18 Å². The molecule has 1 aromatic carbocycles. The normalized spacial score (nSPS) is 10.1. The van der Waals surface area contributed by atoms with Crippen LogP contribution in [0.2, 0.25) is 0 Å². The maximum absolute atomic E-state index is 13.0. The van der Waals surface area contributed by atoms with Crippen LogP contribution in [-0.2, 0) is 11.3 Å². The van der Waals surface area contributed by atoms with E-state index in [0.29, 0.717) is 11.3 Å². The predicted octanol–water partition coefficient (Wildman–Crippen LogP) is 1.06. The van der Waals surface area contributed by atoms with Gasteiger partial charge in [0.25, 0.3) is 0 Å². The quantitative estimate of drug-likeness (QED) is 0.781. The van der Waals surface area contributed by atoms with Crippen LogP contribution in [0.5, 0.6) is 5.75 Å². The lowest BCUT2D eigenvalue weighted by Crippen LogP contribution is -2.33. The van der Waals surface area contributed by atoms with Gasteiger partial charge >= 0.3 is 0 Å². The van der Waals surface area contributed by atoms with Crippen molar-refractivity contribution in [3.05, 3.63) is 29.6 Å². The van der Waals surface area contributed by atoms with Gasteiger partial charge in [0.15, 0.2) is 0 Å². The molecule has 0 unspecified atom stereocenters. The Hall–Kier alpha value is -1.62. The Morgan fingerprint density at radius 2 is 2.24 bits per heavy atom. The van der Waals surface area contributed by atoms with Crippen molar-refractivity contribution < 1.29 is 13.9 Å². The van der Waals surface area contributed by atoms with Gasteiger partial charge < -0.3 is 15.4 Å². The van der Waals surface area contributed by atoms with E-state index in [2.05, 4.69) is 10.6 Å². The summed E-state index contributed by atoms with van der Waals surface area (Å²) in [5, 5.41) is 5.59. The van der Waals surface area contributed by atoms with Crippen molar-refractivity contribution in [3.8, 4) is 5.75 Å². The molecule has 1 amide bonds. The fourth-order valence-electron chi connectivity index (χ4n) is 1.38. The van der Waals surface area contributed by atoms with E-state index in [-0.39, 0.29) is 24.8 Å². The highest BCUT2D eigenvalue weighted by molar-refractivity contribution is 5.78. The first kappa shape index (κ1) is 13.4. The Balaban J connectivity index is 2.56. The van der Waals surface area contributed by atoms with Gasteiger partial charge in [-0.25, -0.2) is 4.39 Å². The minimum Gasteiger partial charge on any atom is -0.496 e. The molecular formula is C12H17FN2O2. The van der Waals surface area contributed by atoms with E-state index in [4.69, 9.17) is 4.74 Å². The number of likely N-dealkylation sites (N-methyl/N-ethyl adjacent to an activating group) is 1. The molecule has 0 fully saturated rings. The fourth-order valence-corrected chi connectivity index (χ4v) is 1.38. The van der Waals surface area contributed by atoms with E-state index < -0.39 is 0 Å². The molecule has 5 heteroatoms. The smallest absolute Gasteiger partial charge is 0.234 e. The summed E-state index contributed by atoms with van der Waals surface area (Å²) in [5.41, 5.74) is 0.623. The van der Waals surface area contributed by atoms with Gasteiger partial charge in [-0.05, 0) is 24.7 Å². The van der Waals surface area contributed by atoms with Gasteiger partial charge in [0.2, 0.25) is 5.91 Å². The van der Waals surface area contributed by atoms with Crippen LogP contribution in [-0.4, -0.2) is 26.1 Å². The third-order valence-corrected chi connectivity index (χ3v) is 2.25. The molecular weight excluding hydrogens is 223 g/mol. The van der Waals surface area contributed by atoms with Crippen molar-refractivity contribution in [1.82, 2.24) is 10.6 Å². The number of carbonyl (C=O) groups excluding carboxylic acids is 1. The summed E-state index contributed by atoms with van der Waals surface area (Å²) < 4.78 is 18.1. The molecule has 0 aliphatic rings. The zero-order valence-electron chi connectivity index (χ0n) is 10.0. The summed E-state index contributed by atoms with van der Waals surface area (Å²) in [6, 6.07) is 4.22. The average molecular weight is 240 g/mol. The molecule has 1 rings (SSSR count). The second kappa shape index (κ2) is 6.85. The van der Waals surface area contributed by atoms with Crippen LogP contribution in [0.4, 0.5) is 4.39 Å². The second-order valence-corrected chi connectivity index (χ2v) is 3.51. The molecule has 2 N–H and O–H groups in total. The molecule has 4 nitrogen and oxygen atoms in total. The molecule has 0 spiro atoms. The molecule has 0 bridgehead atoms. The van der Waals surface area contributed by atoms with Crippen molar-refractivity contribution >= 4 is 5.91 Å². The third kappa shape index (κ3) is 4.40. The highest BCUT2D eigenvalue weighted by Gasteiger charge is 2.06. The highest BCUT2D eigenvalue weighted by atomic mass is 19.1. The Bertz CT molecular complexity index is 383. The first-order valence-electron chi connectivity index (χ1n) is 5.47. The first-order valence-corrected chi connectivity index (χ1v) is 5.47. The van der Waals surface area contributed by atoms with E-state index >= 15 is 0 Å². The van der Waals surface area contributed by atoms with Crippen LogP contribution in [0.3, 0.4) is 0 Å². The maximum atomic E-state index is 13.0. The summed E-state index contributed by atoms with van der Waals surface area (Å²) in [6.45, 7) is 3.17. The van der Waals surface area contributed by atoms with Crippen molar-refractivity contribution in [1.29, 1.82) is 0 Å². The zero-order chi connectivity index (χ0) is 12.7. The summed E-state index contributed by atoms with van der Waals surface area (Å²) in [6.07, 6.45) is 0. The number of carbonyl (C=O) groups is 1. The molecule has 0 aliphatic carbocycles. The van der Waals surface area contributed by atoms with Crippen LogP contribution >= 0.6 is 0 Å². The number of methoxy groups -OCH3 is 1. The maximum Gasteiger partial charge on any atom is 0.234 e. The molecule has 94 valence electrons. The highest BCUT2D eigenvalue weighted by Crippen LogP contribution is 2.18. The van der Waals surface area contributed by atoms with Crippen LogP contribution in [0.15, 0.2) is 18.2 Å². The molecule has 0 atom stereocenters. The number of halogens is 1. The number of hydrogen-bond acceptors (Lipinski definition) is 3. The van der Waals surface area contributed by atoms with E-state index in [1.807, 2.05) is 6.92 Å². The third-order valence-electron chi connectivity index (χ3n) is 2.25. The molecule has 1 aromatic rings. The van der Waals surface area contributed by atoms with E-state index in [1.54, 1.807) is 6.07 Å². The van der Waals surface area contributed by atoms with Crippen molar-refractivity contribution in [2.75, 3.05) is 20.2 Å². The Labute approximate surface area is 100 Å². The molecule has 0 heterocycles. The topological polar surface area (TPSA) is 50.4 Å². The molecule has 0 aliphatic heterocycles. The number of rotatable bonds is 6.